The van der Waals surface area contributed by atoms with Crippen molar-refractivity contribution < 1.29 is 62.3 Å². The van der Waals surface area contributed by atoms with Gasteiger partial charge >= 0.3 is 5.97 Å². The number of nitrogens with one attached hydrogen (secondary N) is 1. The molecule has 0 saturated carbocycles. The van der Waals surface area contributed by atoms with Crippen molar-refractivity contribution in [1.82, 2.24) is 14.9 Å². The van der Waals surface area contributed by atoms with Gasteiger partial charge in [-0.1, -0.05) is 39.8 Å². The van der Waals surface area contributed by atoms with Crippen LogP contribution in [0, 0.1) is 17.8 Å². The number of aliphatic imine (C=N–C) groups is 1. The fourth-order valence-corrected chi connectivity index (χ4v) is 9.92. The van der Waals surface area contributed by atoms with Crippen LogP contribution in [0.5, 0.6) is 0 Å². The first-order chi connectivity index (χ1) is 31.8. The maximum absolute atomic E-state index is 17.0. The highest BCUT2D eigenvalue weighted by atomic mass is 32.1. The van der Waals surface area contributed by atoms with Gasteiger partial charge in [0.1, 0.15) is 34.3 Å². The van der Waals surface area contributed by atoms with E-state index in [2.05, 4.69) is 25.4 Å². The maximum atomic E-state index is 17.0. The first kappa shape index (κ1) is 54.7. The van der Waals surface area contributed by atoms with Crippen LogP contribution in [0.15, 0.2) is 33.9 Å². The highest BCUT2D eigenvalue weighted by Crippen LogP contribution is 2.41. The third-order valence-corrected chi connectivity index (χ3v) is 13.9. The number of nitrogens with two attached hydrogens (primary N) is 1. The Morgan fingerprint density at radius 1 is 1.12 bits per heavy atom. The third kappa shape index (κ3) is 12.6. The highest BCUT2D eigenvalue weighted by molar-refractivity contribution is 7.13. The van der Waals surface area contributed by atoms with Gasteiger partial charge in [-0.2, -0.15) is 0 Å². The van der Waals surface area contributed by atoms with E-state index in [0.717, 1.165) is 6.92 Å². The Labute approximate surface area is 401 Å². The molecule has 5 N–H and O–H groups in total. The van der Waals surface area contributed by atoms with E-state index in [0.29, 0.717) is 34.2 Å². The van der Waals surface area contributed by atoms with Crippen LogP contribution in [-0.4, -0.2) is 153 Å². The van der Waals surface area contributed by atoms with Gasteiger partial charge < -0.3 is 54.7 Å². The molecule has 0 aliphatic carbocycles. The topological polar surface area (TPSA) is 256 Å². The summed E-state index contributed by atoms with van der Waals surface area (Å²) in [5.41, 5.74) is 0.406. The van der Waals surface area contributed by atoms with E-state index in [1.807, 2.05) is 32.8 Å². The Hall–Kier alpha value is -4.19. The largest absolute Gasteiger partial charge is 0.457 e. The van der Waals surface area contributed by atoms with Crippen LogP contribution in [0.1, 0.15) is 101 Å². The van der Waals surface area contributed by atoms with Crippen molar-refractivity contribution in [2.75, 3.05) is 32.6 Å². The summed E-state index contributed by atoms with van der Waals surface area (Å²) in [6.07, 6.45) is -5.04. The number of pyridine rings is 1. The number of ether oxygens (including phenoxy) is 5. The first-order valence-corrected chi connectivity index (χ1v) is 24.1. The van der Waals surface area contributed by atoms with E-state index < -0.39 is 101 Å². The number of thiazole rings is 1. The Kier molecular flexibility index (Phi) is 18.3. The highest BCUT2D eigenvalue weighted by Gasteiger charge is 2.56. The van der Waals surface area contributed by atoms with Crippen molar-refractivity contribution in [2.45, 2.75) is 167 Å². The number of aromatic nitrogens is 2. The second-order valence-electron chi connectivity index (χ2n) is 19.1. The van der Waals surface area contributed by atoms with Gasteiger partial charge in [-0.3, -0.25) is 19.4 Å². The molecule has 2 aromatic heterocycles. The molecule has 21 heteroatoms. The monoisotopic (exact) mass is 975 g/mol. The van der Waals surface area contributed by atoms with Crippen LogP contribution in [0.25, 0.3) is 10.6 Å². The number of carbonyl (C=O) groups is 4. The van der Waals surface area contributed by atoms with Crippen molar-refractivity contribution in [2.24, 2.45) is 33.6 Å². The van der Waals surface area contributed by atoms with E-state index in [1.165, 1.54) is 25.2 Å². The van der Waals surface area contributed by atoms with Gasteiger partial charge in [0, 0.05) is 47.2 Å². The molecule has 19 nitrogen and oxygen atoms in total. The summed E-state index contributed by atoms with van der Waals surface area (Å²) < 4.78 is 49.0. The van der Waals surface area contributed by atoms with Crippen LogP contribution in [0.4, 0.5) is 10.2 Å². The summed E-state index contributed by atoms with van der Waals surface area (Å²) in [6, 6.07) is 2.39. The second kappa shape index (κ2) is 22.7. The molecular formula is C47H70FN7O12S. The van der Waals surface area contributed by atoms with E-state index in [1.54, 1.807) is 58.3 Å². The fourth-order valence-electron chi connectivity index (χ4n) is 9.18. The van der Waals surface area contributed by atoms with Gasteiger partial charge in [-0.25, -0.2) is 19.2 Å². The van der Waals surface area contributed by atoms with Crippen LogP contribution in [-0.2, 0) is 54.3 Å². The molecule has 2 aromatic rings. The number of halogens is 1. The van der Waals surface area contributed by atoms with Crippen LogP contribution >= 0.6 is 11.3 Å². The number of esters is 1. The molecule has 378 valence electrons. The number of rotatable bonds is 11. The molecule has 3 saturated heterocycles. The lowest BCUT2D eigenvalue weighted by Crippen LogP contribution is -2.61. The Bertz CT molecular complexity index is 2150. The average Bonchev–Trinajstić information content (AvgIpc) is 3.75. The van der Waals surface area contributed by atoms with Crippen molar-refractivity contribution >= 4 is 52.1 Å². The number of aliphatic hydroxyl groups excluding tert-OH is 1. The average molecular weight is 976 g/mol. The van der Waals surface area contributed by atoms with Crippen molar-refractivity contribution in [3.8, 4) is 10.6 Å². The molecule has 14 atom stereocenters. The summed E-state index contributed by atoms with van der Waals surface area (Å²) in [5.74, 6) is -6.14. The maximum Gasteiger partial charge on any atom is 0.351 e. The van der Waals surface area contributed by atoms with Gasteiger partial charge in [-0.05, 0) is 86.0 Å². The van der Waals surface area contributed by atoms with E-state index >= 15 is 4.39 Å². The van der Waals surface area contributed by atoms with Gasteiger partial charge in [-0.15, -0.1) is 11.3 Å². The summed E-state index contributed by atoms with van der Waals surface area (Å²) in [4.78, 5) is 75.0. The SMILES string of the molecule is CCC(=O)/N=C1\[C@H](C)C[C@@]2(C)OC/C(=N/OCc3ccc(-c4nc(NC(=O)[C@H](C)N)cs4)cn3)CO[C@H]([C@H]1C)[C@](C)(O)[C@@H](CC)OC(=O)[C@@](C)(F)C(=O)[C@H](C)[C@H]2O[C@@H]1O[C@H](C)C[C@H](N(C)C)[C@H]1O. The Morgan fingerprint density at radius 3 is 2.44 bits per heavy atom. The summed E-state index contributed by atoms with van der Waals surface area (Å²) in [5, 5.41) is 33.6. The number of hydrogen-bond donors (Lipinski definition) is 4. The Morgan fingerprint density at radius 2 is 1.82 bits per heavy atom. The molecule has 0 radical (unpaired) electrons. The third-order valence-electron chi connectivity index (χ3n) is 13.1. The molecule has 0 aromatic carbocycles. The fraction of sp³-hybridized carbons (Fsp3) is 0.702. The second-order valence-corrected chi connectivity index (χ2v) is 20.0. The van der Waals surface area contributed by atoms with Gasteiger partial charge in [0.15, 0.2) is 18.7 Å². The van der Waals surface area contributed by atoms with Gasteiger partial charge in [0.05, 0.1) is 48.9 Å². The zero-order valence-corrected chi connectivity index (χ0v) is 42.0. The molecular weight excluding hydrogens is 906 g/mol. The smallest absolute Gasteiger partial charge is 0.351 e. The Balaban J connectivity index is 1.60. The van der Waals surface area contributed by atoms with E-state index in [9.17, 15) is 29.4 Å². The summed E-state index contributed by atoms with van der Waals surface area (Å²) in [6.45, 7) is 14.7. The molecule has 5 heterocycles. The number of carbonyl (C=O) groups excluding carboxylic acids is 4. The lowest BCUT2D eigenvalue weighted by Gasteiger charge is -2.47. The summed E-state index contributed by atoms with van der Waals surface area (Å²) >= 11 is 1.32. The van der Waals surface area contributed by atoms with Crippen LogP contribution in [0.3, 0.4) is 0 Å². The molecule has 5 rings (SSSR count). The molecule has 2 bridgehead atoms. The molecule has 3 aliphatic rings. The van der Waals surface area contributed by atoms with Crippen molar-refractivity contribution in [3.63, 3.8) is 0 Å². The van der Waals surface area contributed by atoms with Crippen molar-refractivity contribution in [3.05, 3.63) is 29.4 Å². The molecule has 2 amide bonds. The van der Waals surface area contributed by atoms with Crippen LogP contribution < -0.4 is 11.1 Å². The predicted molar refractivity (Wildman–Crippen MR) is 251 cm³/mol. The number of anilines is 1. The van der Waals surface area contributed by atoms with E-state index in [4.69, 9.17) is 34.3 Å². The predicted octanol–water partition coefficient (Wildman–Crippen LogP) is 4.41. The number of ketones is 1. The van der Waals surface area contributed by atoms with Gasteiger partial charge in [0.25, 0.3) is 5.67 Å². The molecule has 3 fully saturated rings. The molecule has 0 unspecified atom stereocenters. The van der Waals surface area contributed by atoms with Gasteiger partial charge in [0.2, 0.25) is 11.8 Å². The minimum absolute atomic E-state index is 0.0199. The number of oxime groups is 1. The van der Waals surface area contributed by atoms with Crippen molar-refractivity contribution in [1.29, 1.82) is 0 Å². The normalized spacial score (nSPS) is 36.1. The number of Topliss-reactive ketones (excluding diaryl/α,β-unsaturated/α-hetero) is 1. The number of amides is 2. The standard InChI is InChI=1S/C47H70FN7O12S/c1-13-33-47(10,61)40-26(5)36(53-35(56)14-2)24(3)18-45(8,39(27(6)38(58)46(9,48)44(60)66-33)67-43-37(57)32(55(11)12)17-25(4)65-43)63-21-31(20-62-40)54-64-22-30-16-15-29(19-50-30)42-52-34(23-68-42)51-41(59)28(7)49/h15-16,19,23-28,32-33,37,39-40,43,57,61H,13-14,17-18,20-22,49H2,1-12H3,(H,51,59)/b53-36+,54-31+/t24-,25-,26+,27+,28+,32+,33-,37-,39-,40-,43+,45-,46+,47-/m1/s1. The minimum atomic E-state index is -3.24. The molecule has 0 spiro atoms. The quantitative estimate of drug-likeness (QED) is 0.138. The number of nitrogens with zero attached hydrogens (tertiary/aromatic N) is 5. The number of aliphatic hydroxyl groups is 2. The van der Waals surface area contributed by atoms with E-state index in [-0.39, 0.29) is 50.7 Å². The molecule has 3 aliphatic heterocycles. The first-order valence-electron chi connectivity index (χ1n) is 23.2. The number of fused-ring (bicyclic) bond motifs is 5. The number of hydrogen-bond acceptors (Lipinski definition) is 18. The lowest BCUT2D eigenvalue weighted by molar-refractivity contribution is -0.296. The summed E-state index contributed by atoms with van der Waals surface area (Å²) in [7, 11) is 3.62. The number of likely N-dealkylation sites (N-methyl/N-ethyl adjacent to an activating group) is 1. The van der Waals surface area contributed by atoms with Crippen LogP contribution in [0.2, 0.25) is 0 Å². The number of alkyl halides is 1. The lowest BCUT2D eigenvalue weighted by atomic mass is 9.73. The minimum Gasteiger partial charge on any atom is -0.457 e. The zero-order valence-electron chi connectivity index (χ0n) is 41.2. The zero-order chi connectivity index (χ0) is 50.5. The number of cyclic esters (lactones) is 1. The molecule has 68 heavy (non-hydrogen) atoms.